The van der Waals surface area contributed by atoms with Crippen molar-refractivity contribution in [2.45, 2.75) is 13.0 Å². The van der Waals surface area contributed by atoms with Gasteiger partial charge in [0.1, 0.15) is 5.82 Å². The third kappa shape index (κ3) is 1.82. The largest absolute Gasteiger partial charge is 0.384 e. The minimum absolute atomic E-state index is 0.0904. The number of anilines is 1. The summed E-state index contributed by atoms with van der Waals surface area (Å²) in [5, 5.41) is 4.12. The summed E-state index contributed by atoms with van der Waals surface area (Å²) in [7, 11) is 1.81. The van der Waals surface area contributed by atoms with Gasteiger partial charge in [-0.1, -0.05) is 0 Å². The van der Waals surface area contributed by atoms with Crippen LogP contribution in [0.2, 0.25) is 0 Å². The Morgan fingerprint density at radius 3 is 2.69 bits per heavy atom. The average Bonchev–Trinajstić information content (AvgIpc) is 2.81. The van der Waals surface area contributed by atoms with Crippen LogP contribution in [0.4, 0.5) is 5.82 Å². The molecule has 6 heteroatoms. The van der Waals surface area contributed by atoms with E-state index < -0.39 is 0 Å². The molecule has 0 bridgehead atoms. The van der Waals surface area contributed by atoms with Crippen LogP contribution in [-0.2, 0) is 7.05 Å². The van der Waals surface area contributed by atoms with Crippen molar-refractivity contribution in [2.24, 2.45) is 12.9 Å². The smallest absolute Gasteiger partial charge is 0.126 e. The van der Waals surface area contributed by atoms with Crippen molar-refractivity contribution in [3.8, 4) is 0 Å². The fourth-order valence-electron chi connectivity index (χ4n) is 1.62. The van der Waals surface area contributed by atoms with Crippen LogP contribution in [0.5, 0.6) is 0 Å². The first-order valence-corrected chi connectivity index (χ1v) is 5.75. The van der Waals surface area contributed by atoms with Crippen LogP contribution in [0.3, 0.4) is 0 Å². The molecule has 1 atom stereocenters. The summed E-state index contributed by atoms with van der Waals surface area (Å²) in [6.45, 7) is 2.06. The summed E-state index contributed by atoms with van der Waals surface area (Å²) in [5.41, 5.74) is 9.62. The lowest BCUT2D eigenvalue weighted by Gasteiger charge is -2.13. The number of nitrogens with one attached hydrogen (secondary N) is 1. The Morgan fingerprint density at radius 2 is 2.25 bits per heavy atom. The maximum Gasteiger partial charge on any atom is 0.126 e. The van der Waals surface area contributed by atoms with Crippen LogP contribution in [0.15, 0.2) is 18.3 Å². The van der Waals surface area contributed by atoms with Gasteiger partial charge in [0, 0.05) is 22.4 Å². The number of aryl methyl sites for hydroxylation is 2. The summed E-state index contributed by atoms with van der Waals surface area (Å²) in [4.78, 5) is 2.39. The standard InChI is InChI=1S/C10H15N5S/c1-6-3-4-8(16-6)9(14-12)7-5-13-15(2)10(7)11/h3-5,9,14H,11-12H2,1-2H3. The highest BCUT2D eigenvalue weighted by Gasteiger charge is 2.19. The monoisotopic (exact) mass is 237 g/mol. The lowest BCUT2D eigenvalue weighted by atomic mass is 10.1. The minimum atomic E-state index is -0.0904. The van der Waals surface area contributed by atoms with Gasteiger partial charge in [0.15, 0.2) is 0 Å². The predicted molar refractivity (Wildman–Crippen MR) is 65.8 cm³/mol. The van der Waals surface area contributed by atoms with E-state index in [0.29, 0.717) is 5.82 Å². The fraction of sp³-hybridized carbons (Fsp3) is 0.300. The fourth-order valence-corrected chi connectivity index (χ4v) is 2.58. The molecular formula is C10H15N5S. The molecule has 0 fully saturated rings. The van der Waals surface area contributed by atoms with Crippen molar-refractivity contribution in [1.82, 2.24) is 15.2 Å². The van der Waals surface area contributed by atoms with E-state index in [1.807, 2.05) is 7.05 Å². The van der Waals surface area contributed by atoms with Crippen LogP contribution in [0.1, 0.15) is 21.4 Å². The van der Waals surface area contributed by atoms with Crippen molar-refractivity contribution in [3.63, 3.8) is 0 Å². The van der Waals surface area contributed by atoms with E-state index in [9.17, 15) is 0 Å². The molecule has 0 saturated heterocycles. The Hall–Kier alpha value is -1.37. The minimum Gasteiger partial charge on any atom is -0.384 e. The molecule has 16 heavy (non-hydrogen) atoms. The lowest BCUT2D eigenvalue weighted by molar-refractivity contribution is 0.647. The summed E-state index contributed by atoms with van der Waals surface area (Å²) < 4.78 is 1.64. The van der Waals surface area contributed by atoms with E-state index in [-0.39, 0.29) is 6.04 Å². The number of nitrogens with two attached hydrogens (primary N) is 2. The molecule has 0 spiro atoms. The first-order valence-electron chi connectivity index (χ1n) is 4.93. The van der Waals surface area contributed by atoms with Crippen LogP contribution in [0, 0.1) is 6.92 Å². The number of nitrogens with zero attached hydrogens (tertiary/aromatic N) is 2. The summed E-state index contributed by atoms with van der Waals surface area (Å²) in [6, 6.07) is 4.03. The van der Waals surface area contributed by atoms with Gasteiger partial charge in [0.05, 0.1) is 12.2 Å². The van der Waals surface area contributed by atoms with E-state index in [0.717, 1.165) is 10.4 Å². The Kier molecular flexibility index (Phi) is 2.95. The molecule has 5 N–H and O–H groups in total. The van der Waals surface area contributed by atoms with Gasteiger partial charge in [0.25, 0.3) is 0 Å². The van der Waals surface area contributed by atoms with Crippen LogP contribution in [-0.4, -0.2) is 9.78 Å². The number of thiophene rings is 1. The zero-order chi connectivity index (χ0) is 11.7. The van der Waals surface area contributed by atoms with E-state index in [2.05, 4.69) is 29.6 Å². The van der Waals surface area contributed by atoms with Gasteiger partial charge >= 0.3 is 0 Å². The van der Waals surface area contributed by atoms with E-state index in [1.54, 1.807) is 22.2 Å². The molecule has 0 aromatic carbocycles. The van der Waals surface area contributed by atoms with Crippen LogP contribution in [0.25, 0.3) is 0 Å². The molecule has 0 radical (unpaired) electrons. The third-order valence-electron chi connectivity index (χ3n) is 2.54. The van der Waals surface area contributed by atoms with E-state index >= 15 is 0 Å². The Morgan fingerprint density at radius 1 is 1.50 bits per heavy atom. The second-order valence-corrected chi connectivity index (χ2v) is 4.98. The number of aromatic nitrogens is 2. The predicted octanol–water partition coefficient (Wildman–Crippen LogP) is 0.925. The molecular weight excluding hydrogens is 222 g/mol. The van der Waals surface area contributed by atoms with Gasteiger partial charge in [-0.25, -0.2) is 5.43 Å². The summed E-state index contributed by atoms with van der Waals surface area (Å²) in [5.74, 6) is 6.22. The van der Waals surface area contributed by atoms with Crippen molar-refractivity contribution >= 4 is 17.2 Å². The highest BCUT2D eigenvalue weighted by atomic mass is 32.1. The number of hydrogen-bond acceptors (Lipinski definition) is 5. The number of nitrogen functional groups attached to an aromatic ring is 1. The Balaban J connectivity index is 2.40. The molecule has 86 valence electrons. The molecule has 5 nitrogen and oxygen atoms in total. The third-order valence-corrected chi connectivity index (χ3v) is 3.60. The molecule has 2 heterocycles. The molecule has 0 amide bonds. The van der Waals surface area contributed by atoms with E-state index in [1.165, 1.54) is 4.88 Å². The normalized spacial score (nSPS) is 12.9. The Labute approximate surface area is 98.0 Å². The second-order valence-electron chi connectivity index (χ2n) is 3.66. The molecule has 0 aliphatic rings. The van der Waals surface area contributed by atoms with E-state index in [4.69, 9.17) is 11.6 Å². The topological polar surface area (TPSA) is 81.9 Å². The van der Waals surface area contributed by atoms with Gasteiger partial charge in [-0.15, -0.1) is 11.3 Å². The second kappa shape index (κ2) is 4.25. The SMILES string of the molecule is Cc1ccc(C(NN)c2cnn(C)c2N)s1. The molecule has 0 saturated carbocycles. The van der Waals surface area contributed by atoms with Crippen LogP contribution >= 0.6 is 11.3 Å². The zero-order valence-corrected chi connectivity index (χ0v) is 10.1. The zero-order valence-electron chi connectivity index (χ0n) is 9.27. The molecule has 1 unspecified atom stereocenters. The van der Waals surface area contributed by atoms with Crippen molar-refractivity contribution < 1.29 is 0 Å². The van der Waals surface area contributed by atoms with Gasteiger partial charge < -0.3 is 5.73 Å². The summed E-state index contributed by atoms with van der Waals surface area (Å²) in [6.07, 6.45) is 1.74. The van der Waals surface area contributed by atoms with Gasteiger partial charge in [-0.3, -0.25) is 10.5 Å². The van der Waals surface area contributed by atoms with Gasteiger partial charge in [0.2, 0.25) is 0 Å². The lowest BCUT2D eigenvalue weighted by Crippen LogP contribution is -2.28. The molecule has 2 aromatic heterocycles. The van der Waals surface area contributed by atoms with Crippen molar-refractivity contribution in [1.29, 1.82) is 0 Å². The van der Waals surface area contributed by atoms with Crippen molar-refractivity contribution in [2.75, 3.05) is 5.73 Å². The van der Waals surface area contributed by atoms with Crippen LogP contribution < -0.4 is 17.0 Å². The maximum absolute atomic E-state index is 5.93. The first kappa shape index (κ1) is 11.1. The molecule has 2 aromatic rings. The molecule has 0 aliphatic carbocycles. The quantitative estimate of drug-likeness (QED) is 0.548. The highest BCUT2D eigenvalue weighted by molar-refractivity contribution is 7.12. The molecule has 0 aliphatic heterocycles. The first-order chi connectivity index (χ1) is 7.63. The highest BCUT2D eigenvalue weighted by Crippen LogP contribution is 2.30. The number of hydrogen-bond donors (Lipinski definition) is 3. The Bertz CT molecular complexity index is 487. The number of rotatable bonds is 3. The maximum atomic E-state index is 5.93. The summed E-state index contributed by atoms with van der Waals surface area (Å²) >= 11 is 1.70. The molecule has 2 rings (SSSR count). The average molecular weight is 237 g/mol. The van der Waals surface area contributed by atoms with Crippen molar-refractivity contribution in [3.05, 3.63) is 33.6 Å². The van der Waals surface area contributed by atoms with Gasteiger partial charge in [-0.2, -0.15) is 5.10 Å². The van der Waals surface area contributed by atoms with Gasteiger partial charge in [-0.05, 0) is 19.1 Å². The number of hydrazine groups is 1.